The SMILES string of the molecule is CC(C)OCc1ccc(C(=O)N2CCC[C@@H](c3nc4ccccc4s3)C2)cc1. The van der Waals surface area contributed by atoms with Crippen LogP contribution in [0, 0.1) is 0 Å². The summed E-state index contributed by atoms with van der Waals surface area (Å²) >= 11 is 1.76. The molecule has 1 amide bonds. The molecule has 4 rings (SSSR count). The van der Waals surface area contributed by atoms with E-state index in [2.05, 4.69) is 18.2 Å². The van der Waals surface area contributed by atoms with Crippen LogP contribution in [-0.4, -0.2) is 35.0 Å². The summed E-state index contributed by atoms with van der Waals surface area (Å²) in [5.74, 6) is 0.441. The van der Waals surface area contributed by atoms with Crippen molar-refractivity contribution in [3.05, 3.63) is 64.7 Å². The molecule has 1 atom stereocenters. The summed E-state index contributed by atoms with van der Waals surface area (Å²) in [6, 6.07) is 16.1. The van der Waals surface area contributed by atoms with E-state index in [0.717, 1.165) is 47.6 Å². The van der Waals surface area contributed by atoms with Gasteiger partial charge in [-0.15, -0.1) is 11.3 Å². The molecule has 28 heavy (non-hydrogen) atoms. The molecule has 1 fully saturated rings. The monoisotopic (exact) mass is 394 g/mol. The zero-order valence-corrected chi connectivity index (χ0v) is 17.2. The molecule has 0 unspecified atom stereocenters. The van der Waals surface area contributed by atoms with Gasteiger partial charge in [0.05, 0.1) is 27.9 Å². The van der Waals surface area contributed by atoms with Crippen LogP contribution in [0.1, 0.15) is 53.5 Å². The van der Waals surface area contributed by atoms with E-state index in [1.54, 1.807) is 11.3 Å². The zero-order valence-electron chi connectivity index (χ0n) is 16.4. The van der Waals surface area contributed by atoms with Crippen LogP contribution in [0.2, 0.25) is 0 Å². The second-order valence-corrected chi connectivity index (χ2v) is 8.73. The van der Waals surface area contributed by atoms with Crippen molar-refractivity contribution in [2.24, 2.45) is 0 Å². The molecule has 5 heteroatoms. The molecule has 0 N–H and O–H groups in total. The predicted molar refractivity (Wildman–Crippen MR) is 114 cm³/mol. The highest BCUT2D eigenvalue weighted by molar-refractivity contribution is 7.18. The Labute approximate surface area is 170 Å². The standard InChI is InChI=1S/C23H26N2O2S/c1-16(2)27-15-17-9-11-18(12-10-17)23(26)25-13-5-6-19(14-25)22-24-20-7-3-4-8-21(20)28-22/h3-4,7-12,16,19H,5-6,13-15H2,1-2H3/t19-/m1/s1. The number of fused-ring (bicyclic) bond motifs is 1. The number of hydrogen-bond donors (Lipinski definition) is 0. The van der Waals surface area contributed by atoms with E-state index in [4.69, 9.17) is 9.72 Å². The number of rotatable bonds is 5. The minimum Gasteiger partial charge on any atom is -0.374 e. The number of piperidine rings is 1. The van der Waals surface area contributed by atoms with Crippen LogP contribution in [-0.2, 0) is 11.3 Å². The van der Waals surface area contributed by atoms with Crippen molar-refractivity contribution in [1.82, 2.24) is 9.88 Å². The number of amides is 1. The summed E-state index contributed by atoms with van der Waals surface area (Å²) in [6.07, 6.45) is 2.32. The number of carbonyl (C=O) groups excluding carboxylic acids is 1. The number of likely N-dealkylation sites (tertiary alicyclic amines) is 1. The predicted octanol–water partition coefficient (Wildman–Crippen LogP) is 5.24. The van der Waals surface area contributed by atoms with Gasteiger partial charge in [-0.1, -0.05) is 24.3 Å². The molecule has 1 aliphatic rings. The molecule has 2 heterocycles. The van der Waals surface area contributed by atoms with E-state index in [1.165, 1.54) is 4.70 Å². The molecule has 0 spiro atoms. The smallest absolute Gasteiger partial charge is 0.253 e. The molecule has 1 saturated heterocycles. The molecule has 0 aliphatic carbocycles. The van der Waals surface area contributed by atoms with Gasteiger partial charge >= 0.3 is 0 Å². The highest BCUT2D eigenvalue weighted by Gasteiger charge is 2.27. The van der Waals surface area contributed by atoms with E-state index in [-0.39, 0.29) is 12.0 Å². The second kappa shape index (κ2) is 8.41. The fraction of sp³-hybridized carbons (Fsp3) is 0.391. The van der Waals surface area contributed by atoms with Crippen molar-refractivity contribution < 1.29 is 9.53 Å². The Morgan fingerprint density at radius 2 is 2.00 bits per heavy atom. The van der Waals surface area contributed by atoms with Gasteiger partial charge in [-0.05, 0) is 56.5 Å². The summed E-state index contributed by atoms with van der Waals surface area (Å²) in [5, 5.41) is 1.15. The van der Waals surface area contributed by atoms with E-state index >= 15 is 0 Å². The van der Waals surface area contributed by atoms with Crippen LogP contribution >= 0.6 is 11.3 Å². The Morgan fingerprint density at radius 3 is 2.75 bits per heavy atom. The van der Waals surface area contributed by atoms with Gasteiger partial charge < -0.3 is 9.64 Å². The summed E-state index contributed by atoms with van der Waals surface area (Å²) < 4.78 is 6.85. The number of carbonyl (C=O) groups is 1. The molecule has 3 aromatic rings. The summed E-state index contributed by atoms with van der Waals surface area (Å²) in [4.78, 5) is 19.8. The van der Waals surface area contributed by atoms with Crippen molar-refractivity contribution in [2.75, 3.05) is 13.1 Å². The Hall–Kier alpha value is -2.24. The fourth-order valence-corrected chi connectivity index (χ4v) is 4.71. The zero-order chi connectivity index (χ0) is 19.5. The third-order valence-electron chi connectivity index (χ3n) is 5.15. The first kappa shape index (κ1) is 19.1. The number of aromatic nitrogens is 1. The quantitative estimate of drug-likeness (QED) is 0.594. The van der Waals surface area contributed by atoms with Crippen molar-refractivity contribution in [1.29, 1.82) is 0 Å². The molecule has 1 aromatic heterocycles. The van der Waals surface area contributed by atoms with Crippen molar-refractivity contribution in [3.8, 4) is 0 Å². The Balaban J connectivity index is 1.44. The van der Waals surface area contributed by atoms with Crippen LogP contribution in [0.5, 0.6) is 0 Å². The summed E-state index contributed by atoms with van der Waals surface area (Å²) in [6.45, 7) is 6.19. The van der Waals surface area contributed by atoms with Gasteiger partial charge in [-0.25, -0.2) is 4.98 Å². The third kappa shape index (κ3) is 4.26. The highest BCUT2D eigenvalue weighted by atomic mass is 32.1. The lowest BCUT2D eigenvalue weighted by molar-refractivity contribution is 0.0654. The van der Waals surface area contributed by atoms with Crippen molar-refractivity contribution in [2.45, 2.75) is 45.3 Å². The van der Waals surface area contributed by atoms with E-state index in [1.807, 2.05) is 49.1 Å². The first-order chi connectivity index (χ1) is 13.6. The Kier molecular flexibility index (Phi) is 5.74. The van der Waals surface area contributed by atoms with Gasteiger partial charge in [0.25, 0.3) is 5.91 Å². The maximum absolute atomic E-state index is 13.0. The van der Waals surface area contributed by atoms with Crippen molar-refractivity contribution >= 4 is 27.5 Å². The fourth-order valence-electron chi connectivity index (χ4n) is 3.62. The summed E-state index contributed by atoms with van der Waals surface area (Å²) in [5.41, 5.74) is 2.90. The van der Waals surface area contributed by atoms with Crippen LogP contribution < -0.4 is 0 Å². The van der Waals surface area contributed by atoms with Crippen LogP contribution in [0.4, 0.5) is 0 Å². The van der Waals surface area contributed by atoms with Gasteiger partial charge in [0.15, 0.2) is 0 Å². The van der Waals surface area contributed by atoms with Gasteiger partial charge in [-0.2, -0.15) is 0 Å². The lowest BCUT2D eigenvalue weighted by Gasteiger charge is -2.32. The van der Waals surface area contributed by atoms with E-state index in [9.17, 15) is 4.79 Å². The number of ether oxygens (including phenoxy) is 1. The number of benzene rings is 2. The number of para-hydroxylation sites is 1. The van der Waals surface area contributed by atoms with Crippen LogP contribution in [0.25, 0.3) is 10.2 Å². The number of nitrogens with zero attached hydrogens (tertiary/aromatic N) is 2. The molecule has 2 aromatic carbocycles. The maximum Gasteiger partial charge on any atom is 0.253 e. The molecule has 1 aliphatic heterocycles. The minimum absolute atomic E-state index is 0.113. The normalized spacial score (nSPS) is 17.4. The molecule has 0 bridgehead atoms. The van der Waals surface area contributed by atoms with Gasteiger partial charge in [-0.3, -0.25) is 4.79 Å². The molecule has 146 valence electrons. The third-order valence-corrected chi connectivity index (χ3v) is 6.35. The maximum atomic E-state index is 13.0. The number of hydrogen-bond acceptors (Lipinski definition) is 4. The molecular formula is C23H26N2O2S. The molecule has 4 nitrogen and oxygen atoms in total. The average Bonchev–Trinajstić information content (AvgIpc) is 3.16. The van der Waals surface area contributed by atoms with Crippen molar-refractivity contribution in [3.63, 3.8) is 0 Å². The molecule has 0 saturated carbocycles. The topological polar surface area (TPSA) is 42.4 Å². The van der Waals surface area contributed by atoms with E-state index in [0.29, 0.717) is 12.5 Å². The minimum atomic E-state index is 0.113. The largest absolute Gasteiger partial charge is 0.374 e. The molecule has 0 radical (unpaired) electrons. The lowest BCUT2D eigenvalue weighted by Crippen LogP contribution is -2.39. The van der Waals surface area contributed by atoms with Gasteiger partial charge in [0.2, 0.25) is 0 Å². The van der Waals surface area contributed by atoms with Crippen LogP contribution in [0.15, 0.2) is 48.5 Å². The highest BCUT2D eigenvalue weighted by Crippen LogP contribution is 2.33. The van der Waals surface area contributed by atoms with Gasteiger partial charge in [0, 0.05) is 24.6 Å². The lowest BCUT2D eigenvalue weighted by atomic mass is 9.98. The first-order valence-electron chi connectivity index (χ1n) is 9.95. The number of thiazole rings is 1. The average molecular weight is 395 g/mol. The Bertz CT molecular complexity index is 916. The van der Waals surface area contributed by atoms with Gasteiger partial charge in [0.1, 0.15) is 0 Å². The first-order valence-corrected chi connectivity index (χ1v) is 10.8. The van der Waals surface area contributed by atoms with E-state index < -0.39 is 0 Å². The summed E-state index contributed by atoms with van der Waals surface area (Å²) in [7, 11) is 0. The van der Waals surface area contributed by atoms with Crippen LogP contribution in [0.3, 0.4) is 0 Å². The second-order valence-electron chi connectivity index (χ2n) is 7.67. The molecular weight excluding hydrogens is 368 g/mol. The Morgan fingerprint density at radius 1 is 1.21 bits per heavy atom.